The molecule has 4 aromatic carbocycles. The van der Waals surface area contributed by atoms with E-state index in [0.29, 0.717) is 36.4 Å². The van der Waals surface area contributed by atoms with Gasteiger partial charge in [0.2, 0.25) is 5.41 Å². The fraction of sp³-hybridized carbons (Fsp3) is 0.172. The quantitative estimate of drug-likeness (QED) is 0.100. The standard InChI is InChI=1S/C29H18F12N2O2/c30-26(31,32)19-11-23(44)21(42)9-15(19)13-5-1-3-7-17(13)25(28(36,37)38,29(39,40)41)18-8-4-2-6-14(18)16-10-22(43)24(45)12-20(16)27(33,34)35/h1-12,44-45H,42-43H2. The van der Waals surface area contributed by atoms with E-state index < -0.39 is 97.5 Å². The number of aromatic hydroxyl groups is 2. The van der Waals surface area contributed by atoms with Crippen molar-refractivity contribution in [3.05, 3.63) is 95.1 Å². The Labute approximate surface area is 245 Å². The van der Waals surface area contributed by atoms with E-state index in [1.807, 2.05) is 0 Å². The fourth-order valence-corrected chi connectivity index (χ4v) is 5.13. The Bertz CT molecular complexity index is 1630. The van der Waals surface area contributed by atoms with Crippen LogP contribution < -0.4 is 11.5 Å². The van der Waals surface area contributed by atoms with Gasteiger partial charge in [-0.15, -0.1) is 0 Å². The molecule has 0 unspecified atom stereocenters. The summed E-state index contributed by atoms with van der Waals surface area (Å²) in [5.74, 6) is -2.34. The second-order valence-corrected chi connectivity index (χ2v) is 9.75. The molecule has 0 aliphatic rings. The van der Waals surface area contributed by atoms with Gasteiger partial charge in [0.15, 0.2) is 0 Å². The number of alkyl halides is 12. The summed E-state index contributed by atoms with van der Waals surface area (Å²) in [5.41, 5.74) is -8.46. The molecule has 0 heterocycles. The highest BCUT2D eigenvalue weighted by Gasteiger charge is 2.73. The smallest absolute Gasteiger partial charge is 0.417 e. The van der Waals surface area contributed by atoms with E-state index in [9.17, 15) is 36.6 Å². The number of nitrogen functional groups attached to an aromatic ring is 2. The molecule has 0 aromatic heterocycles. The largest absolute Gasteiger partial charge is 0.506 e. The van der Waals surface area contributed by atoms with Crippen LogP contribution in [0, 0.1) is 0 Å². The Hall–Kier alpha value is -4.76. The summed E-state index contributed by atoms with van der Waals surface area (Å²) in [6.07, 6.45) is -23.8. The van der Waals surface area contributed by atoms with Gasteiger partial charge in [0, 0.05) is 0 Å². The summed E-state index contributed by atoms with van der Waals surface area (Å²) in [5, 5.41) is 19.6. The highest BCUT2D eigenvalue weighted by atomic mass is 19.4. The van der Waals surface area contributed by atoms with Crippen LogP contribution in [-0.2, 0) is 17.8 Å². The third-order valence-electron chi connectivity index (χ3n) is 7.04. The molecule has 0 amide bonds. The third-order valence-corrected chi connectivity index (χ3v) is 7.04. The molecule has 0 bridgehead atoms. The Morgan fingerprint density at radius 2 is 0.733 bits per heavy atom. The molecule has 0 atom stereocenters. The minimum atomic E-state index is -6.47. The SMILES string of the molecule is Nc1cc(-c2ccccc2C(c2ccccc2-c2cc(N)c(O)cc2C(F)(F)F)(C(F)(F)F)C(F)(F)F)c(C(F)(F)F)cc1O. The summed E-state index contributed by atoms with van der Waals surface area (Å²) in [7, 11) is 0. The van der Waals surface area contributed by atoms with Crippen molar-refractivity contribution in [3.63, 3.8) is 0 Å². The predicted octanol–water partition coefficient (Wildman–Crippen LogP) is 9.04. The summed E-state index contributed by atoms with van der Waals surface area (Å²) in [4.78, 5) is 0. The summed E-state index contributed by atoms with van der Waals surface area (Å²) in [6, 6.07) is 5.26. The maximum atomic E-state index is 15.3. The van der Waals surface area contributed by atoms with E-state index in [4.69, 9.17) is 11.5 Å². The first-order valence-electron chi connectivity index (χ1n) is 12.3. The second kappa shape index (κ2) is 10.7. The van der Waals surface area contributed by atoms with Crippen LogP contribution in [0.15, 0.2) is 72.8 Å². The number of phenolic OH excluding ortho intramolecular Hbond substituents is 2. The van der Waals surface area contributed by atoms with Crippen molar-refractivity contribution in [1.29, 1.82) is 0 Å². The van der Waals surface area contributed by atoms with Gasteiger partial charge < -0.3 is 21.7 Å². The monoisotopic (exact) mass is 654 g/mol. The van der Waals surface area contributed by atoms with E-state index >= 15 is 26.3 Å². The molecule has 0 radical (unpaired) electrons. The second-order valence-electron chi connectivity index (χ2n) is 9.75. The molecule has 45 heavy (non-hydrogen) atoms. The molecule has 0 saturated carbocycles. The van der Waals surface area contributed by atoms with Crippen LogP contribution in [0.3, 0.4) is 0 Å². The van der Waals surface area contributed by atoms with Crippen LogP contribution in [0.1, 0.15) is 22.3 Å². The molecular weight excluding hydrogens is 636 g/mol. The first-order chi connectivity index (χ1) is 20.5. The maximum absolute atomic E-state index is 15.3. The molecule has 0 saturated heterocycles. The average Bonchev–Trinajstić information content (AvgIpc) is 2.89. The van der Waals surface area contributed by atoms with Crippen molar-refractivity contribution in [1.82, 2.24) is 0 Å². The van der Waals surface area contributed by atoms with Gasteiger partial charge in [-0.05, 0) is 57.6 Å². The van der Waals surface area contributed by atoms with E-state index in [1.54, 1.807) is 0 Å². The molecule has 6 N–H and O–H groups in total. The number of halogens is 12. The lowest BCUT2D eigenvalue weighted by Crippen LogP contribution is -2.55. The van der Waals surface area contributed by atoms with Gasteiger partial charge in [-0.1, -0.05) is 48.5 Å². The van der Waals surface area contributed by atoms with Gasteiger partial charge in [-0.25, -0.2) is 0 Å². The molecule has 4 aromatic rings. The Kier molecular flexibility index (Phi) is 7.88. The van der Waals surface area contributed by atoms with Crippen LogP contribution in [-0.4, -0.2) is 22.6 Å². The molecule has 0 spiro atoms. The van der Waals surface area contributed by atoms with E-state index in [1.165, 1.54) is 0 Å². The Morgan fingerprint density at radius 3 is 1.02 bits per heavy atom. The highest BCUT2D eigenvalue weighted by Crippen LogP contribution is 2.61. The normalized spacial score (nSPS) is 13.2. The van der Waals surface area contributed by atoms with Crippen molar-refractivity contribution in [2.45, 2.75) is 30.1 Å². The predicted molar refractivity (Wildman–Crippen MR) is 139 cm³/mol. The van der Waals surface area contributed by atoms with Crippen LogP contribution in [0.2, 0.25) is 0 Å². The molecular formula is C29H18F12N2O2. The van der Waals surface area contributed by atoms with Crippen molar-refractivity contribution in [2.75, 3.05) is 11.5 Å². The first kappa shape index (κ1) is 33.1. The first-order valence-corrected chi connectivity index (χ1v) is 12.3. The van der Waals surface area contributed by atoms with Crippen LogP contribution >= 0.6 is 0 Å². The van der Waals surface area contributed by atoms with Gasteiger partial charge in [0.1, 0.15) is 11.5 Å². The zero-order chi connectivity index (χ0) is 33.9. The number of hydrogen-bond donors (Lipinski definition) is 4. The lowest BCUT2D eigenvalue weighted by Gasteiger charge is -2.41. The summed E-state index contributed by atoms with van der Waals surface area (Å²) in [6.45, 7) is 0. The van der Waals surface area contributed by atoms with Gasteiger partial charge >= 0.3 is 24.7 Å². The van der Waals surface area contributed by atoms with Gasteiger partial charge in [-0.3, -0.25) is 0 Å². The minimum Gasteiger partial charge on any atom is -0.506 e. The zero-order valence-electron chi connectivity index (χ0n) is 22.0. The van der Waals surface area contributed by atoms with E-state index in [2.05, 4.69) is 0 Å². The average molecular weight is 654 g/mol. The molecule has 16 heteroatoms. The van der Waals surface area contributed by atoms with Gasteiger partial charge in [0.05, 0.1) is 22.5 Å². The number of anilines is 2. The van der Waals surface area contributed by atoms with E-state index in [0.717, 1.165) is 12.1 Å². The van der Waals surface area contributed by atoms with Gasteiger partial charge in [-0.2, -0.15) is 52.7 Å². The molecule has 4 rings (SSSR count). The summed E-state index contributed by atoms with van der Waals surface area (Å²) < 4.78 is 176. The molecule has 4 nitrogen and oxygen atoms in total. The van der Waals surface area contributed by atoms with Crippen molar-refractivity contribution in [3.8, 4) is 33.8 Å². The molecule has 240 valence electrons. The summed E-state index contributed by atoms with van der Waals surface area (Å²) >= 11 is 0. The van der Waals surface area contributed by atoms with Crippen LogP contribution in [0.4, 0.5) is 64.1 Å². The number of nitrogens with two attached hydrogens (primary N) is 2. The van der Waals surface area contributed by atoms with Crippen molar-refractivity contribution < 1.29 is 62.9 Å². The minimum absolute atomic E-state index is 0.0209. The number of benzene rings is 4. The lowest BCUT2D eigenvalue weighted by atomic mass is 9.68. The number of rotatable bonds is 4. The van der Waals surface area contributed by atoms with Gasteiger partial charge in [0.25, 0.3) is 0 Å². The number of phenols is 2. The van der Waals surface area contributed by atoms with Crippen molar-refractivity contribution >= 4 is 11.4 Å². The molecule has 0 aliphatic heterocycles. The van der Waals surface area contributed by atoms with Crippen LogP contribution in [0.25, 0.3) is 22.3 Å². The van der Waals surface area contributed by atoms with E-state index in [-0.39, 0.29) is 24.3 Å². The lowest BCUT2D eigenvalue weighted by molar-refractivity contribution is -0.288. The third kappa shape index (κ3) is 5.53. The maximum Gasteiger partial charge on any atom is 0.417 e. The highest BCUT2D eigenvalue weighted by molar-refractivity contribution is 5.82. The molecule has 0 aliphatic carbocycles. The molecule has 0 fully saturated rings. The van der Waals surface area contributed by atoms with Crippen LogP contribution in [0.5, 0.6) is 11.5 Å². The number of hydrogen-bond acceptors (Lipinski definition) is 4. The fourth-order valence-electron chi connectivity index (χ4n) is 5.13. The Morgan fingerprint density at radius 1 is 0.422 bits per heavy atom. The topological polar surface area (TPSA) is 92.5 Å². The van der Waals surface area contributed by atoms with Crippen molar-refractivity contribution in [2.24, 2.45) is 0 Å². The Balaban J connectivity index is 2.27. The zero-order valence-corrected chi connectivity index (χ0v) is 22.0.